The number of fused-ring (bicyclic) bond motifs is 1. The summed E-state index contributed by atoms with van der Waals surface area (Å²) in [7, 11) is 0. The van der Waals surface area contributed by atoms with Gasteiger partial charge in [-0.2, -0.15) is 0 Å². The number of aromatic carboxylic acids is 1. The fraction of sp³-hybridized carbons (Fsp3) is 0.111. The van der Waals surface area contributed by atoms with E-state index in [1.54, 1.807) is 19.1 Å². The van der Waals surface area contributed by atoms with E-state index >= 15 is 0 Å². The van der Waals surface area contributed by atoms with E-state index in [0.29, 0.717) is 0 Å². The summed E-state index contributed by atoms with van der Waals surface area (Å²) in [6.07, 6.45) is 0. The first kappa shape index (κ1) is 9.02. The quantitative estimate of drug-likeness (QED) is 0.783. The maximum Gasteiger partial charge on any atom is 0.352 e. The van der Waals surface area contributed by atoms with E-state index < -0.39 is 5.97 Å². The lowest BCUT2D eigenvalue weighted by atomic mass is 10.3. The number of imidazole rings is 1. The monoisotopic (exact) mass is 210 g/mol. The van der Waals surface area contributed by atoms with Crippen molar-refractivity contribution in [2.45, 2.75) is 6.92 Å². The molecular formula is C9H7ClN2O2. The predicted octanol–water partition coefficient (Wildman–Crippen LogP) is 1.99. The van der Waals surface area contributed by atoms with Crippen LogP contribution in [-0.2, 0) is 0 Å². The molecule has 0 fully saturated rings. The van der Waals surface area contributed by atoms with Crippen LogP contribution in [-0.4, -0.2) is 20.5 Å². The summed E-state index contributed by atoms with van der Waals surface area (Å²) in [5.74, 6) is -1.02. The molecule has 0 aliphatic carbocycles. The normalized spacial score (nSPS) is 10.7. The Bertz CT molecular complexity index is 519. The van der Waals surface area contributed by atoms with Gasteiger partial charge in [0.2, 0.25) is 5.28 Å². The number of aromatic nitrogens is 2. The molecular weight excluding hydrogens is 204 g/mol. The number of carboxylic acids is 1. The lowest BCUT2D eigenvalue weighted by molar-refractivity contribution is 0.0689. The Morgan fingerprint density at radius 1 is 1.57 bits per heavy atom. The number of carboxylic acid groups (broad SMARTS) is 1. The van der Waals surface area contributed by atoms with Crippen LogP contribution in [0.4, 0.5) is 0 Å². The van der Waals surface area contributed by atoms with Gasteiger partial charge in [0, 0.05) is 0 Å². The van der Waals surface area contributed by atoms with Gasteiger partial charge in [0.25, 0.3) is 0 Å². The van der Waals surface area contributed by atoms with Crippen LogP contribution in [0.1, 0.15) is 16.2 Å². The summed E-state index contributed by atoms with van der Waals surface area (Å²) in [6.45, 7) is 1.78. The molecule has 4 nitrogen and oxygen atoms in total. The number of carbonyl (C=O) groups is 1. The summed E-state index contributed by atoms with van der Waals surface area (Å²) in [6, 6.07) is 4.94. The third-order valence-electron chi connectivity index (χ3n) is 2.02. The summed E-state index contributed by atoms with van der Waals surface area (Å²) in [4.78, 5) is 14.9. The van der Waals surface area contributed by atoms with E-state index in [1.165, 1.54) is 10.5 Å². The molecule has 0 amide bonds. The Labute approximate surface area is 84.8 Å². The number of halogens is 1. The van der Waals surface area contributed by atoms with Crippen LogP contribution in [0.25, 0.3) is 5.52 Å². The van der Waals surface area contributed by atoms with Gasteiger partial charge in [0.1, 0.15) is 5.69 Å². The van der Waals surface area contributed by atoms with Gasteiger partial charge in [0.15, 0.2) is 0 Å². The Morgan fingerprint density at radius 3 is 2.93 bits per heavy atom. The number of aryl methyl sites for hydroxylation is 1. The Balaban J connectivity index is 2.92. The molecule has 0 bridgehead atoms. The van der Waals surface area contributed by atoms with Gasteiger partial charge in [-0.05, 0) is 30.7 Å². The maximum absolute atomic E-state index is 10.9. The molecule has 0 saturated heterocycles. The fourth-order valence-electron chi connectivity index (χ4n) is 1.40. The molecule has 0 radical (unpaired) electrons. The topological polar surface area (TPSA) is 54.6 Å². The van der Waals surface area contributed by atoms with Gasteiger partial charge in [0.05, 0.1) is 11.2 Å². The zero-order valence-corrected chi connectivity index (χ0v) is 8.12. The van der Waals surface area contributed by atoms with E-state index in [4.69, 9.17) is 16.7 Å². The molecule has 0 aromatic carbocycles. The second-order valence-electron chi connectivity index (χ2n) is 2.90. The van der Waals surface area contributed by atoms with Gasteiger partial charge in [-0.1, -0.05) is 6.07 Å². The van der Waals surface area contributed by atoms with E-state index in [-0.39, 0.29) is 11.0 Å². The molecule has 0 aliphatic heterocycles. The van der Waals surface area contributed by atoms with Crippen LogP contribution in [0.15, 0.2) is 18.2 Å². The first-order chi connectivity index (χ1) is 6.61. The minimum atomic E-state index is -1.02. The van der Waals surface area contributed by atoms with Crippen LogP contribution in [0.3, 0.4) is 0 Å². The highest BCUT2D eigenvalue weighted by Crippen LogP contribution is 2.18. The SMILES string of the molecule is Cc1nc(Cl)n2c(C(=O)O)cccc12. The van der Waals surface area contributed by atoms with Gasteiger partial charge in [-0.25, -0.2) is 9.78 Å². The van der Waals surface area contributed by atoms with Crippen molar-refractivity contribution in [3.8, 4) is 0 Å². The summed E-state index contributed by atoms with van der Waals surface area (Å²) in [5.41, 5.74) is 1.56. The first-order valence-corrected chi connectivity index (χ1v) is 4.36. The standard InChI is InChI=1S/C9H7ClN2O2/c1-5-6-3-2-4-7(8(13)14)12(6)9(10)11-5/h2-4H,1H3,(H,13,14). The van der Waals surface area contributed by atoms with E-state index in [2.05, 4.69) is 4.98 Å². The number of pyridine rings is 1. The minimum absolute atomic E-state index is 0.119. The molecule has 1 N–H and O–H groups in total. The molecule has 2 aromatic heterocycles. The average molecular weight is 211 g/mol. The highest BCUT2D eigenvalue weighted by Gasteiger charge is 2.13. The molecule has 0 unspecified atom stereocenters. The predicted molar refractivity (Wildman–Crippen MR) is 51.9 cm³/mol. The molecule has 2 aromatic rings. The zero-order chi connectivity index (χ0) is 10.3. The number of nitrogens with zero attached hydrogens (tertiary/aromatic N) is 2. The van der Waals surface area contributed by atoms with Gasteiger partial charge in [-0.15, -0.1) is 0 Å². The van der Waals surface area contributed by atoms with Crippen molar-refractivity contribution in [1.82, 2.24) is 9.38 Å². The van der Waals surface area contributed by atoms with E-state index in [1.807, 2.05) is 0 Å². The molecule has 0 spiro atoms. The number of hydrogen-bond acceptors (Lipinski definition) is 2. The molecule has 2 rings (SSSR count). The molecule has 0 aliphatic rings. The molecule has 2 heterocycles. The largest absolute Gasteiger partial charge is 0.477 e. The van der Waals surface area contributed by atoms with Crippen LogP contribution in [0, 0.1) is 6.92 Å². The molecule has 0 saturated carbocycles. The maximum atomic E-state index is 10.9. The highest BCUT2D eigenvalue weighted by molar-refractivity contribution is 6.29. The third-order valence-corrected chi connectivity index (χ3v) is 2.28. The van der Waals surface area contributed by atoms with Gasteiger partial charge < -0.3 is 5.11 Å². The number of hydrogen-bond donors (Lipinski definition) is 1. The van der Waals surface area contributed by atoms with Gasteiger partial charge >= 0.3 is 5.97 Å². The van der Waals surface area contributed by atoms with Crippen molar-refractivity contribution in [1.29, 1.82) is 0 Å². The molecule has 72 valence electrons. The number of rotatable bonds is 1. The van der Waals surface area contributed by atoms with Gasteiger partial charge in [-0.3, -0.25) is 4.40 Å². The zero-order valence-electron chi connectivity index (χ0n) is 7.36. The summed E-state index contributed by atoms with van der Waals surface area (Å²) >= 11 is 5.82. The summed E-state index contributed by atoms with van der Waals surface area (Å²) < 4.78 is 1.42. The fourth-order valence-corrected chi connectivity index (χ4v) is 1.71. The van der Waals surface area contributed by atoms with Crippen molar-refractivity contribution in [2.75, 3.05) is 0 Å². The molecule has 0 atom stereocenters. The second-order valence-corrected chi connectivity index (χ2v) is 3.24. The minimum Gasteiger partial charge on any atom is -0.477 e. The van der Waals surface area contributed by atoms with Crippen molar-refractivity contribution in [3.63, 3.8) is 0 Å². The van der Waals surface area contributed by atoms with Crippen LogP contribution < -0.4 is 0 Å². The Morgan fingerprint density at radius 2 is 2.29 bits per heavy atom. The van der Waals surface area contributed by atoms with Crippen molar-refractivity contribution in [2.24, 2.45) is 0 Å². The molecule has 5 heteroatoms. The lowest BCUT2D eigenvalue weighted by Gasteiger charge is -2.00. The van der Waals surface area contributed by atoms with Crippen molar-refractivity contribution < 1.29 is 9.90 Å². The van der Waals surface area contributed by atoms with E-state index in [0.717, 1.165) is 11.2 Å². The Hall–Kier alpha value is -1.55. The van der Waals surface area contributed by atoms with Crippen molar-refractivity contribution in [3.05, 3.63) is 34.9 Å². The van der Waals surface area contributed by atoms with E-state index in [9.17, 15) is 4.79 Å². The first-order valence-electron chi connectivity index (χ1n) is 3.98. The van der Waals surface area contributed by atoms with Crippen LogP contribution in [0.5, 0.6) is 0 Å². The molecule has 14 heavy (non-hydrogen) atoms. The Kier molecular flexibility index (Phi) is 1.93. The van der Waals surface area contributed by atoms with Crippen molar-refractivity contribution >= 4 is 23.1 Å². The van der Waals surface area contributed by atoms with Crippen LogP contribution >= 0.6 is 11.6 Å². The summed E-state index contributed by atoms with van der Waals surface area (Å²) in [5, 5.41) is 9.09. The average Bonchev–Trinajstić information content (AvgIpc) is 2.43. The second kappa shape index (κ2) is 2.99. The highest BCUT2D eigenvalue weighted by atomic mass is 35.5. The third kappa shape index (κ3) is 1.15. The lowest BCUT2D eigenvalue weighted by Crippen LogP contribution is -2.04. The van der Waals surface area contributed by atoms with Crippen LogP contribution in [0.2, 0.25) is 5.28 Å². The smallest absolute Gasteiger partial charge is 0.352 e.